The van der Waals surface area contributed by atoms with Crippen LogP contribution in [0.3, 0.4) is 0 Å². The van der Waals surface area contributed by atoms with Gasteiger partial charge in [-0.15, -0.1) is 0 Å². The van der Waals surface area contributed by atoms with Crippen molar-refractivity contribution < 1.29 is 28.5 Å². The average Bonchev–Trinajstić information content (AvgIpc) is 2.59. The molecule has 0 aliphatic carbocycles. The van der Waals surface area contributed by atoms with Crippen molar-refractivity contribution >= 4 is 12.2 Å². The topological polar surface area (TPSA) is 95.1 Å². The van der Waals surface area contributed by atoms with Crippen LogP contribution < -0.4 is 10.6 Å². The minimum atomic E-state index is -0.440. The van der Waals surface area contributed by atoms with Crippen molar-refractivity contribution in [2.45, 2.75) is 26.3 Å². The predicted octanol–water partition coefficient (Wildman–Crippen LogP) is 0.00200. The highest BCUT2D eigenvalue weighted by Crippen LogP contribution is 1.98. The average molecular weight is 362 g/mol. The van der Waals surface area contributed by atoms with Gasteiger partial charge in [0.25, 0.3) is 0 Å². The quantitative estimate of drug-likeness (QED) is 0.262. The van der Waals surface area contributed by atoms with E-state index in [4.69, 9.17) is 18.9 Å². The first-order chi connectivity index (χ1) is 12.1. The second kappa shape index (κ2) is 17.8. The minimum absolute atomic E-state index is 0.0814. The van der Waals surface area contributed by atoms with Crippen molar-refractivity contribution in [2.75, 3.05) is 66.4 Å². The lowest BCUT2D eigenvalue weighted by Gasteiger charge is -2.16. The van der Waals surface area contributed by atoms with E-state index in [0.29, 0.717) is 52.9 Å². The molecule has 0 aromatic rings. The molecule has 0 fully saturated rings. The van der Waals surface area contributed by atoms with Crippen LogP contribution in [0.5, 0.6) is 0 Å². The number of ether oxygens (including phenoxy) is 4. The summed E-state index contributed by atoms with van der Waals surface area (Å²) in [5.74, 6) is -0.102. The molecule has 0 spiro atoms. The standard InChI is InChI=1S/C17H34N2O6/c1-15(2)16(14-20)19-17(21)4-6-22-8-10-24-12-13-25-11-9-23-7-5-18-3/h14-16,18H,4-13H2,1-3H3,(H,19,21). The third kappa shape index (κ3) is 16.2. The van der Waals surface area contributed by atoms with Crippen LogP contribution in [0.15, 0.2) is 0 Å². The Morgan fingerprint density at radius 2 is 1.36 bits per heavy atom. The molecule has 1 amide bonds. The Morgan fingerprint density at radius 3 is 1.80 bits per heavy atom. The molecule has 0 saturated carbocycles. The Hall–Kier alpha value is -1.06. The molecule has 1 unspecified atom stereocenters. The fraction of sp³-hybridized carbons (Fsp3) is 0.882. The third-order valence-electron chi connectivity index (χ3n) is 3.28. The molecule has 25 heavy (non-hydrogen) atoms. The molecular weight excluding hydrogens is 328 g/mol. The molecule has 0 aromatic heterocycles. The maximum absolute atomic E-state index is 11.6. The lowest BCUT2D eigenvalue weighted by Crippen LogP contribution is -2.40. The molecule has 148 valence electrons. The van der Waals surface area contributed by atoms with Gasteiger partial charge in [0.15, 0.2) is 0 Å². The highest BCUT2D eigenvalue weighted by molar-refractivity contribution is 5.79. The van der Waals surface area contributed by atoms with Crippen molar-refractivity contribution in [2.24, 2.45) is 5.92 Å². The molecular formula is C17H34N2O6. The smallest absolute Gasteiger partial charge is 0.222 e. The number of hydrogen-bond acceptors (Lipinski definition) is 7. The molecule has 0 bridgehead atoms. The highest BCUT2D eigenvalue weighted by Gasteiger charge is 2.14. The second-order valence-corrected chi connectivity index (χ2v) is 5.78. The normalized spacial score (nSPS) is 12.3. The van der Waals surface area contributed by atoms with E-state index in [-0.39, 0.29) is 18.2 Å². The van der Waals surface area contributed by atoms with Crippen molar-refractivity contribution in [3.05, 3.63) is 0 Å². The van der Waals surface area contributed by atoms with Gasteiger partial charge in [0.05, 0.1) is 58.9 Å². The Labute approximate surface area is 150 Å². The Kier molecular flexibility index (Phi) is 17.0. The van der Waals surface area contributed by atoms with Crippen LogP contribution in [-0.2, 0) is 28.5 Å². The molecule has 1 atom stereocenters. The van der Waals surface area contributed by atoms with Gasteiger partial charge in [-0.1, -0.05) is 13.8 Å². The number of carbonyl (C=O) groups is 2. The van der Waals surface area contributed by atoms with Gasteiger partial charge in [-0.2, -0.15) is 0 Å². The number of nitrogens with one attached hydrogen (secondary N) is 2. The summed E-state index contributed by atoms with van der Waals surface area (Å²) < 4.78 is 21.3. The summed E-state index contributed by atoms with van der Waals surface area (Å²) >= 11 is 0. The van der Waals surface area contributed by atoms with E-state index in [1.54, 1.807) is 0 Å². The van der Waals surface area contributed by atoms with Crippen molar-refractivity contribution in [1.29, 1.82) is 0 Å². The van der Waals surface area contributed by atoms with Gasteiger partial charge in [-0.05, 0) is 13.0 Å². The van der Waals surface area contributed by atoms with Crippen molar-refractivity contribution in [3.8, 4) is 0 Å². The van der Waals surface area contributed by atoms with E-state index in [1.165, 1.54) is 0 Å². The van der Waals surface area contributed by atoms with E-state index >= 15 is 0 Å². The number of rotatable bonds is 18. The summed E-state index contributed by atoms with van der Waals surface area (Å²) in [6.45, 7) is 8.59. The lowest BCUT2D eigenvalue weighted by molar-refractivity contribution is -0.125. The first-order valence-corrected chi connectivity index (χ1v) is 8.82. The van der Waals surface area contributed by atoms with E-state index in [0.717, 1.165) is 12.8 Å². The molecule has 0 heterocycles. The monoisotopic (exact) mass is 362 g/mol. The molecule has 0 aliphatic rings. The molecule has 0 aliphatic heterocycles. The molecule has 0 rings (SSSR count). The molecule has 8 heteroatoms. The SMILES string of the molecule is CNCCOCCOCCOCCOCCC(=O)NC(C=O)C(C)C. The Bertz CT molecular complexity index is 328. The number of aldehydes is 1. The summed E-state index contributed by atoms with van der Waals surface area (Å²) in [4.78, 5) is 22.4. The molecule has 0 aromatic carbocycles. The van der Waals surface area contributed by atoms with E-state index in [9.17, 15) is 9.59 Å². The fourth-order valence-corrected chi connectivity index (χ4v) is 1.72. The van der Waals surface area contributed by atoms with Gasteiger partial charge in [-0.25, -0.2) is 0 Å². The number of amides is 1. The van der Waals surface area contributed by atoms with Gasteiger partial charge in [0.2, 0.25) is 5.91 Å². The molecule has 0 radical (unpaired) electrons. The van der Waals surface area contributed by atoms with Crippen LogP contribution in [0, 0.1) is 5.92 Å². The minimum Gasteiger partial charge on any atom is -0.379 e. The highest BCUT2D eigenvalue weighted by atomic mass is 16.6. The molecule has 8 nitrogen and oxygen atoms in total. The van der Waals surface area contributed by atoms with E-state index in [1.807, 2.05) is 20.9 Å². The van der Waals surface area contributed by atoms with Crippen LogP contribution >= 0.6 is 0 Å². The fourth-order valence-electron chi connectivity index (χ4n) is 1.72. The zero-order chi connectivity index (χ0) is 18.8. The second-order valence-electron chi connectivity index (χ2n) is 5.78. The maximum Gasteiger partial charge on any atom is 0.222 e. The van der Waals surface area contributed by atoms with Crippen LogP contribution in [0.2, 0.25) is 0 Å². The lowest BCUT2D eigenvalue weighted by atomic mass is 10.1. The number of likely N-dealkylation sites (N-methyl/N-ethyl adjacent to an activating group) is 1. The van der Waals surface area contributed by atoms with Crippen molar-refractivity contribution in [3.63, 3.8) is 0 Å². The third-order valence-corrected chi connectivity index (χ3v) is 3.28. The number of hydrogen-bond donors (Lipinski definition) is 2. The summed E-state index contributed by atoms with van der Waals surface area (Å²) in [7, 11) is 1.88. The van der Waals surface area contributed by atoms with E-state index in [2.05, 4.69) is 10.6 Å². The van der Waals surface area contributed by atoms with Gasteiger partial charge in [0, 0.05) is 13.0 Å². The Balaban J connectivity index is 3.28. The molecule has 2 N–H and O–H groups in total. The predicted molar refractivity (Wildman–Crippen MR) is 94.7 cm³/mol. The van der Waals surface area contributed by atoms with Gasteiger partial charge in [-0.3, -0.25) is 4.79 Å². The zero-order valence-corrected chi connectivity index (χ0v) is 15.8. The van der Waals surface area contributed by atoms with E-state index < -0.39 is 6.04 Å². The molecule has 0 saturated heterocycles. The summed E-state index contributed by atoms with van der Waals surface area (Å²) in [5.41, 5.74) is 0. The van der Waals surface area contributed by atoms with Crippen LogP contribution in [0.4, 0.5) is 0 Å². The Morgan fingerprint density at radius 1 is 0.880 bits per heavy atom. The van der Waals surface area contributed by atoms with Crippen LogP contribution in [-0.4, -0.2) is 84.7 Å². The van der Waals surface area contributed by atoms with Crippen LogP contribution in [0.1, 0.15) is 20.3 Å². The summed E-state index contributed by atoms with van der Waals surface area (Å²) in [5, 5.41) is 5.66. The largest absolute Gasteiger partial charge is 0.379 e. The zero-order valence-electron chi connectivity index (χ0n) is 15.8. The van der Waals surface area contributed by atoms with Gasteiger partial charge < -0.3 is 34.4 Å². The summed E-state index contributed by atoms with van der Waals surface area (Å²) in [6, 6.07) is -0.440. The number of carbonyl (C=O) groups excluding carboxylic acids is 2. The maximum atomic E-state index is 11.6. The van der Waals surface area contributed by atoms with Crippen molar-refractivity contribution in [1.82, 2.24) is 10.6 Å². The van der Waals surface area contributed by atoms with Gasteiger partial charge in [0.1, 0.15) is 6.29 Å². The first kappa shape index (κ1) is 23.9. The van der Waals surface area contributed by atoms with Gasteiger partial charge >= 0.3 is 0 Å². The summed E-state index contributed by atoms with van der Waals surface area (Å²) in [6.07, 6.45) is 0.988. The van der Waals surface area contributed by atoms with Crippen LogP contribution in [0.25, 0.3) is 0 Å². The first-order valence-electron chi connectivity index (χ1n) is 8.82.